The van der Waals surface area contributed by atoms with E-state index >= 15 is 0 Å². The number of fused-ring (bicyclic) bond motifs is 2. The van der Waals surface area contributed by atoms with Gasteiger partial charge in [0.05, 0.1) is 11.5 Å². The topological polar surface area (TPSA) is 57.5 Å². The van der Waals surface area contributed by atoms with Gasteiger partial charge in [0.2, 0.25) is 0 Å². The summed E-state index contributed by atoms with van der Waals surface area (Å²) >= 11 is 0. The van der Waals surface area contributed by atoms with Crippen LogP contribution in [0, 0.1) is 11.3 Å². The van der Waals surface area contributed by atoms with E-state index in [0.717, 1.165) is 6.42 Å². The maximum atomic E-state index is 10.8. The van der Waals surface area contributed by atoms with Crippen molar-refractivity contribution in [3.05, 3.63) is 0 Å². The van der Waals surface area contributed by atoms with Gasteiger partial charge in [-0.25, -0.2) is 0 Å². The molecule has 2 saturated carbocycles. The quantitative estimate of drug-likeness (QED) is 0.585. The molecular formula is C8H12O3. The van der Waals surface area contributed by atoms with Gasteiger partial charge in [0.1, 0.15) is 0 Å². The van der Waals surface area contributed by atoms with E-state index < -0.39 is 17.5 Å². The molecular weight excluding hydrogens is 144 g/mol. The maximum Gasteiger partial charge on any atom is 0.312 e. The SMILES string of the molecule is O=C(O)[C@@]12CC[C@@H](C[C@@H]1O)C2. The summed E-state index contributed by atoms with van der Waals surface area (Å²) in [5, 5.41) is 18.4. The summed E-state index contributed by atoms with van der Waals surface area (Å²) in [5.41, 5.74) is -0.759. The fraction of sp³-hybridized carbons (Fsp3) is 0.875. The van der Waals surface area contributed by atoms with Crippen molar-refractivity contribution in [1.82, 2.24) is 0 Å². The number of aliphatic carboxylic acids is 1. The molecule has 3 heteroatoms. The van der Waals surface area contributed by atoms with E-state index in [0.29, 0.717) is 25.2 Å². The highest BCUT2D eigenvalue weighted by atomic mass is 16.4. The highest BCUT2D eigenvalue weighted by molar-refractivity contribution is 5.76. The lowest BCUT2D eigenvalue weighted by Gasteiger charge is -2.26. The molecule has 0 unspecified atom stereocenters. The Morgan fingerprint density at radius 1 is 1.55 bits per heavy atom. The van der Waals surface area contributed by atoms with Crippen LogP contribution >= 0.6 is 0 Å². The van der Waals surface area contributed by atoms with Crippen molar-refractivity contribution in [2.75, 3.05) is 0 Å². The van der Waals surface area contributed by atoms with Crippen LogP contribution in [0.25, 0.3) is 0 Å². The predicted octanol–water partition coefficient (Wildman–Crippen LogP) is 0.622. The minimum absolute atomic E-state index is 0.473. The van der Waals surface area contributed by atoms with E-state index in [-0.39, 0.29) is 0 Å². The molecule has 0 amide bonds. The number of hydrogen-bond donors (Lipinski definition) is 2. The van der Waals surface area contributed by atoms with Gasteiger partial charge in [0.15, 0.2) is 0 Å². The molecule has 62 valence electrons. The smallest absolute Gasteiger partial charge is 0.312 e. The molecule has 0 saturated heterocycles. The number of hydrogen-bond acceptors (Lipinski definition) is 2. The van der Waals surface area contributed by atoms with Gasteiger partial charge in [-0.05, 0) is 31.6 Å². The molecule has 2 aliphatic rings. The highest BCUT2D eigenvalue weighted by Crippen LogP contribution is 2.54. The number of carboxylic acids is 1. The summed E-state index contributed by atoms with van der Waals surface area (Å²) in [6.45, 7) is 0. The molecule has 2 aliphatic carbocycles. The average Bonchev–Trinajstić information content (AvgIpc) is 2.43. The van der Waals surface area contributed by atoms with Gasteiger partial charge in [-0.2, -0.15) is 0 Å². The molecule has 0 aromatic heterocycles. The van der Waals surface area contributed by atoms with Crippen LogP contribution in [-0.2, 0) is 4.79 Å². The lowest BCUT2D eigenvalue weighted by molar-refractivity contribution is -0.154. The van der Waals surface area contributed by atoms with Crippen LogP contribution in [0.15, 0.2) is 0 Å². The van der Waals surface area contributed by atoms with Gasteiger partial charge in [0.25, 0.3) is 0 Å². The van der Waals surface area contributed by atoms with Gasteiger partial charge >= 0.3 is 5.97 Å². The zero-order chi connectivity index (χ0) is 8.06. The molecule has 0 heterocycles. The second-order valence-corrected chi connectivity index (χ2v) is 3.82. The monoisotopic (exact) mass is 156 g/mol. The molecule has 0 aliphatic heterocycles. The van der Waals surface area contributed by atoms with Gasteiger partial charge < -0.3 is 10.2 Å². The van der Waals surface area contributed by atoms with Crippen molar-refractivity contribution < 1.29 is 15.0 Å². The third kappa shape index (κ3) is 0.745. The molecule has 0 aromatic carbocycles. The fourth-order valence-electron chi connectivity index (χ4n) is 2.56. The zero-order valence-electron chi connectivity index (χ0n) is 6.29. The first-order valence-corrected chi connectivity index (χ1v) is 4.06. The number of aliphatic hydroxyl groups excluding tert-OH is 1. The Morgan fingerprint density at radius 3 is 2.55 bits per heavy atom. The van der Waals surface area contributed by atoms with E-state index in [9.17, 15) is 9.90 Å². The van der Waals surface area contributed by atoms with Crippen molar-refractivity contribution in [2.45, 2.75) is 31.8 Å². The molecule has 2 bridgehead atoms. The van der Waals surface area contributed by atoms with E-state index in [1.54, 1.807) is 0 Å². The normalized spacial score (nSPS) is 48.1. The van der Waals surface area contributed by atoms with Crippen molar-refractivity contribution in [2.24, 2.45) is 11.3 Å². The van der Waals surface area contributed by atoms with Crippen LogP contribution in [-0.4, -0.2) is 22.3 Å². The second kappa shape index (κ2) is 1.97. The summed E-state index contributed by atoms with van der Waals surface area (Å²) in [5.74, 6) is -0.328. The van der Waals surface area contributed by atoms with Gasteiger partial charge in [-0.3, -0.25) is 4.79 Å². The predicted molar refractivity (Wildman–Crippen MR) is 38.0 cm³/mol. The van der Waals surface area contributed by atoms with Crippen LogP contribution in [0.1, 0.15) is 25.7 Å². The first-order chi connectivity index (χ1) is 5.15. The van der Waals surface area contributed by atoms with E-state index in [2.05, 4.69) is 0 Å². The molecule has 2 rings (SSSR count). The minimum Gasteiger partial charge on any atom is -0.481 e. The molecule has 2 N–H and O–H groups in total. The minimum atomic E-state index is -0.801. The van der Waals surface area contributed by atoms with E-state index in [1.165, 1.54) is 0 Å². The van der Waals surface area contributed by atoms with Crippen LogP contribution < -0.4 is 0 Å². The summed E-state index contributed by atoms with van der Waals surface area (Å²) in [7, 11) is 0. The molecule has 3 nitrogen and oxygen atoms in total. The number of aliphatic hydroxyl groups is 1. The molecule has 3 atom stereocenters. The third-order valence-corrected chi connectivity index (χ3v) is 3.27. The average molecular weight is 156 g/mol. The summed E-state index contributed by atoms with van der Waals surface area (Å²) in [4.78, 5) is 10.8. The van der Waals surface area contributed by atoms with Crippen LogP contribution in [0.3, 0.4) is 0 Å². The second-order valence-electron chi connectivity index (χ2n) is 3.82. The van der Waals surface area contributed by atoms with Crippen molar-refractivity contribution in [3.63, 3.8) is 0 Å². The Hall–Kier alpha value is -0.570. The van der Waals surface area contributed by atoms with Crippen LogP contribution in [0.4, 0.5) is 0 Å². The summed E-state index contributed by atoms with van der Waals surface area (Å²) < 4.78 is 0. The van der Waals surface area contributed by atoms with Crippen molar-refractivity contribution >= 4 is 5.97 Å². The third-order valence-electron chi connectivity index (χ3n) is 3.27. The van der Waals surface area contributed by atoms with Crippen molar-refractivity contribution in [3.8, 4) is 0 Å². The van der Waals surface area contributed by atoms with Crippen LogP contribution in [0.5, 0.6) is 0 Å². The lowest BCUT2D eigenvalue weighted by atomic mass is 9.82. The molecule has 0 spiro atoms. The Morgan fingerprint density at radius 2 is 2.27 bits per heavy atom. The number of carbonyl (C=O) groups is 1. The summed E-state index contributed by atoms with van der Waals surface area (Å²) in [6, 6.07) is 0. The molecule has 0 radical (unpaired) electrons. The standard InChI is InChI=1S/C8H12O3/c9-6-3-5-1-2-8(6,4-5)7(10)11/h5-6,9H,1-4H2,(H,10,11)/t5-,6-,8+/m0/s1. The molecule has 2 fully saturated rings. The highest BCUT2D eigenvalue weighted by Gasteiger charge is 2.56. The fourth-order valence-corrected chi connectivity index (χ4v) is 2.56. The largest absolute Gasteiger partial charge is 0.481 e. The number of carboxylic acid groups (broad SMARTS) is 1. The Bertz CT molecular complexity index is 202. The number of rotatable bonds is 1. The maximum absolute atomic E-state index is 10.8. The molecule has 0 aromatic rings. The van der Waals surface area contributed by atoms with Gasteiger partial charge in [-0.1, -0.05) is 0 Å². The Labute approximate surface area is 65.0 Å². The van der Waals surface area contributed by atoms with Crippen LogP contribution in [0.2, 0.25) is 0 Å². The zero-order valence-corrected chi connectivity index (χ0v) is 6.29. The lowest BCUT2D eigenvalue weighted by Crippen LogP contribution is -2.37. The first-order valence-electron chi connectivity index (χ1n) is 4.06. The Kier molecular flexibility index (Phi) is 1.27. The Balaban J connectivity index is 2.29. The van der Waals surface area contributed by atoms with E-state index in [1.807, 2.05) is 0 Å². The first kappa shape index (κ1) is 7.10. The summed E-state index contributed by atoms with van der Waals surface area (Å²) in [6.07, 6.45) is 2.48. The van der Waals surface area contributed by atoms with Crippen molar-refractivity contribution in [1.29, 1.82) is 0 Å². The van der Waals surface area contributed by atoms with Gasteiger partial charge in [-0.15, -0.1) is 0 Å². The van der Waals surface area contributed by atoms with E-state index in [4.69, 9.17) is 5.11 Å². The molecule has 11 heavy (non-hydrogen) atoms. The van der Waals surface area contributed by atoms with Gasteiger partial charge in [0, 0.05) is 0 Å².